The molecule has 3 aliphatic carbocycles. The molecule has 5 heterocycles. The van der Waals surface area contributed by atoms with Crippen molar-refractivity contribution in [1.29, 1.82) is 0 Å². The Hall–Kier alpha value is -4.73. The monoisotopic (exact) mass is 504 g/mol. The second-order valence-electron chi connectivity index (χ2n) is 9.96. The van der Waals surface area contributed by atoms with Crippen LogP contribution in [0, 0.1) is 0 Å². The number of nitrogens with one attached hydrogen (secondary N) is 1. The van der Waals surface area contributed by atoms with Crippen LogP contribution in [0.3, 0.4) is 0 Å². The van der Waals surface area contributed by atoms with Crippen LogP contribution in [0.4, 0.5) is 0 Å². The summed E-state index contributed by atoms with van der Waals surface area (Å²) in [6.45, 7) is 2.51. The molecule has 2 bridgehead atoms. The largest absolute Gasteiger partial charge is 0.492 e. The molecule has 5 aromatic rings. The Morgan fingerprint density at radius 2 is 1.82 bits per heavy atom. The van der Waals surface area contributed by atoms with E-state index in [0.717, 1.165) is 30.9 Å². The maximum absolute atomic E-state index is 13.2. The first-order valence-electron chi connectivity index (χ1n) is 12.6. The maximum Gasteiger partial charge on any atom is 0.254 e. The first-order chi connectivity index (χ1) is 18.6. The van der Waals surface area contributed by atoms with Crippen molar-refractivity contribution in [3.63, 3.8) is 0 Å². The van der Waals surface area contributed by atoms with Gasteiger partial charge in [-0.05, 0) is 68.7 Å². The lowest BCUT2D eigenvalue weighted by molar-refractivity contribution is -0.0873. The molecule has 0 aromatic carbocycles. The van der Waals surface area contributed by atoms with Crippen molar-refractivity contribution in [2.45, 2.75) is 37.1 Å². The summed E-state index contributed by atoms with van der Waals surface area (Å²) in [6, 6.07) is 14.9. The van der Waals surface area contributed by atoms with E-state index in [-0.39, 0.29) is 16.9 Å². The molecule has 3 fully saturated rings. The fourth-order valence-corrected chi connectivity index (χ4v) is 5.89. The average Bonchev–Trinajstić information content (AvgIpc) is 3.35. The van der Waals surface area contributed by atoms with Gasteiger partial charge in [-0.3, -0.25) is 19.3 Å². The van der Waals surface area contributed by atoms with E-state index in [9.17, 15) is 4.79 Å². The third kappa shape index (κ3) is 3.44. The van der Waals surface area contributed by atoms with Gasteiger partial charge >= 0.3 is 0 Å². The highest BCUT2D eigenvalue weighted by atomic mass is 16.5. The maximum atomic E-state index is 13.2. The van der Waals surface area contributed by atoms with Crippen LogP contribution in [-0.4, -0.2) is 52.8 Å². The zero-order valence-corrected chi connectivity index (χ0v) is 20.7. The number of aromatic nitrogens is 7. The molecule has 1 N–H and O–H groups in total. The lowest BCUT2D eigenvalue weighted by atomic mass is 9.39. The van der Waals surface area contributed by atoms with Crippen LogP contribution < -0.4 is 10.1 Å². The highest BCUT2D eigenvalue weighted by Gasteiger charge is 2.71. The van der Waals surface area contributed by atoms with Crippen molar-refractivity contribution >= 4 is 16.9 Å². The van der Waals surface area contributed by atoms with Crippen LogP contribution in [0.15, 0.2) is 73.3 Å². The van der Waals surface area contributed by atoms with Crippen molar-refractivity contribution in [2.24, 2.45) is 0 Å². The lowest BCUT2D eigenvalue weighted by Crippen LogP contribution is -2.77. The Bertz CT molecular complexity index is 1640. The number of fused-ring (bicyclic) bond motifs is 1. The third-order valence-electron chi connectivity index (χ3n) is 7.44. The van der Waals surface area contributed by atoms with E-state index in [1.807, 2.05) is 54.0 Å². The fraction of sp³-hybridized carbons (Fsp3) is 0.250. The van der Waals surface area contributed by atoms with Gasteiger partial charge in [0.15, 0.2) is 5.82 Å². The predicted molar refractivity (Wildman–Crippen MR) is 139 cm³/mol. The molecule has 0 unspecified atom stereocenters. The quantitative estimate of drug-likeness (QED) is 0.356. The number of ether oxygens (including phenoxy) is 1. The summed E-state index contributed by atoms with van der Waals surface area (Å²) in [5, 5.41) is 12.5. The summed E-state index contributed by atoms with van der Waals surface area (Å²) in [4.78, 5) is 31.1. The SMILES string of the molecule is CCOc1ccc(-c2nnc(C34CC(NC(=O)c5ccnc6cccnc56)(C3)C4)n2-c2ccccn2)nc1. The van der Waals surface area contributed by atoms with Crippen molar-refractivity contribution < 1.29 is 9.53 Å². The van der Waals surface area contributed by atoms with E-state index < -0.39 is 0 Å². The second kappa shape index (κ2) is 8.41. The van der Waals surface area contributed by atoms with Crippen LogP contribution in [0.5, 0.6) is 5.75 Å². The Labute approximate surface area is 218 Å². The molecule has 1 amide bonds. The Balaban J connectivity index is 1.17. The van der Waals surface area contributed by atoms with Gasteiger partial charge < -0.3 is 10.1 Å². The number of hydrogen-bond acceptors (Lipinski definition) is 8. The number of carbonyl (C=O) groups is 1. The van der Waals surface area contributed by atoms with Gasteiger partial charge in [-0.15, -0.1) is 10.2 Å². The summed E-state index contributed by atoms with van der Waals surface area (Å²) in [5.74, 6) is 2.77. The third-order valence-corrected chi connectivity index (χ3v) is 7.44. The molecular formula is C28H24N8O2. The Morgan fingerprint density at radius 1 is 0.947 bits per heavy atom. The van der Waals surface area contributed by atoms with Crippen molar-refractivity contribution in [3.05, 3.63) is 84.7 Å². The Kier molecular flexibility index (Phi) is 4.97. The van der Waals surface area contributed by atoms with Gasteiger partial charge in [0.25, 0.3) is 5.91 Å². The smallest absolute Gasteiger partial charge is 0.254 e. The van der Waals surface area contributed by atoms with Crippen molar-refractivity contribution in [3.8, 4) is 23.1 Å². The topological polar surface area (TPSA) is 121 Å². The zero-order chi connectivity index (χ0) is 25.7. The molecule has 0 atom stereocenters. The van der Waals surface area contributed by atoms with Gasteiger partial charge in [0.2, 0.25) is 0 Å². The predicted octanol–water partition coefficient (Wildman–Crippen LogP) is 3.67. The van der Waals surface area contributed by atoms with E-state index in [0.29, 0.717) is 40.5 Å². The number of rotatable bonds is 7. The number of nitrogens with zero attached hydrogens (tertiary/aromatic N) is 7. The standard InChI is InChI=1S/C28H24N8O2/c1-2-38-18-8-9-21(32-14-18)24-34-35-26(36(24)22-7-3-4-11-30-22)27-15-28(16-27,17-27)33-25(37)19-10-13-29-20-6-5-12-31-23(19)20/h3-14H,2,15-17H2,1H3,(H,33,37). The van der Waals surface area contributed by atoms with Crippen LogP contribution in [-0.2, 0) is 5.41 Å². The molecule has 5 aromatic heterocycles. The summed E-state index contributed by atoms with van der Waals surface area (Å²) < 4.78 is 7.54. The first kappa shape index (κ1) is 22.5. The number of carbonyl (C=O) groups excluding carboxylic acids is 1. The molecular weight excluding hydrogens is 480 g/mol. The van der Waals surface area contributed by atoms with Crippen LogP contribution in [0.2, 0.25) is 0 Å². The van der Waals surface area contributed by atoms with Crippen molar-refractivity contribution in [1.82, 2.24) is 40.0 Å². The number of hydrogen-bond donors (Lipinski definition) is 1. The van der Waals surface area contributed by atoms with E-state index in [2.05, 4.69) is 35.5 Å². The molecule has 10 heteroatoms. The van der Waals surface area contributed by atoms with Crippen LogP contribution in [0.25, 0.3) is 28.4 Å². The van der Waals surface area contributed by atoms with Gasteiger partial charge in [-0.1, -0.05) is 6.07 Å². The minimum Gasteiger partial charge on any atom is -0.492 e. The molecule has 0 aliphatic heterocycles. The highest BCUT2D eigenvalue weighted by molar-refractivity contribution is 6.04. The highest BCUT2D eigenvalue weighted by Crippen LogP contribution is 2.67. The number of pyridine rings is 4. The minimum absolute atomic E-state index is 0.130. The van der Waals surface area contributed by atoms with Gasteiger partial charge in [-0.2, -0.15) is 0 Å². The molecule has 3 aliphatic rings. The summed E-state index contributed by atoms with van der Waals surface area (Å²) >= 11 is 0. The van der Waals surface area contributed by atoms with E-state index in [4.69, 9.17) is 4.74 Å². The Morgan fingerprint density at radius 3 is 2.58 bits per heavy atom. The normalized spacial score (nSPS) is 21.4. The first-order valence-corrected chi connectivity index (χ1v) is 12.6. The molecule has 3 saturated carbocycles. The van der Waals surface area contributed by atoms with Gasteiger partial charge in [0, 0.05) is 29.5 Å². The van der Waals surface area contributed by atoms with Gasteiger partial charge in [-0.25, -0.2) is 9.97 Å². The molecule has 0 saturated heterocycles. The lowest BCUT2D eigenvalue weighted by Gasteiger charge is -2.69. The van der Waals surface area contributed by atoms with Gasteiger partial charge in [0.1, 0.15) is 28.6 Å². The zero-order valence-electron chi connectivity index (χ0n) is 20.7. The second-order valence-corrected chi connectivity index (χ2v) is 9.96. The van der Waals surface area contributed by atoms with Gasteiger partial charge in [0.05, 0.1) is 23.9 Å². The molecule has 188 valence electrons. The minimum atomic E-state index is -0.264. The molecule has 0 radical (unpaired) electrons. The fourth-order valence-electron chi connectivity index (χ4n) is 5.89. The summed E-state index contributed by atoms with van der Waals surface area (Å²) in [7, 11) is 0. The van der Waals surface area contributed by atoms with Crippen molar-refractivity contribution in [2.75, 3.05) is 6.61 Å². The van der Waals surface area contributed by atoms with E-state index in [1.54, 1.807) is 30.9 Å². The molecule has 10 nitrogen and oxygen atoms in total. The molecule has 0 spiro atoms. The molecule has 38 heavy (non-hydrogen) atoms. The van der Waals surface area contributed by atoms with Crippen LogP contribution in [0.1, 0.15) is 42.4 Å². The van der Waals surface area contributed by atoms with E-state index in [1.165, 1.54) is 0 Å². The van der Waals surface area contributed by atoms with Crippen LogP contribution >= 0.6 is 0 Å². The summed E-state index contributed by atoms with van der Waals surface area (Å²) in [5.41, 5.74) is 2.09. The number of amides is 1. The van der Waals surface area contributed by atoms with E-state index >= 15 is 0 Å². The molecule has 8 rings (SSSR count). The average molecular weight is 505 g/mol. The summed E-state index contributed by atoms with van der Waals surface area (Å²) in [6.07, 6.45) is 9.12.